The fourth-order valence-electron chi connectivity index (χ4n) is 2.27. The number of hydrogen-bond acceptors (Lipinski definition) is 5. The molecule has 112 valence electrons. The van der Waals surface area contributed by atoms with Gasteiger partial charge in [0.15, 0.2) is 11.6 Å². The van der Waals surface area contributed by atoms with E-state index in [-0.39, 0.29) is 12.3 Å². The third-order valence-corrected chi connectivity index (χ3v) is 4.11. The summed E-state index contributed by atoms with van der Waals surface area (Å²) in [6, 6.07) is 1.91. The Balaban J connectivity index is 1.39. The quantitative estimate of drug-likeness (QED) is 0.755. The van der Waals surface area contributed by atoms with Gasteiger partial charge in [0.25, 0.3) is 0 Å². The van der Waals surface area contributed by atoms with Crippen LogP contribution in [0.3, 0.4) is 0 Å². The highest BCUT2D eigenvalue weighted by atomic mass is 32.1. The van der Waals surface area contributed by atoms with Crippen LogP contribution in [0, 0.1) is 0 Å². The van der Waals surface area contributed by atoms with Crippen molar-refractivity contribution in [1.82, 2.24) is 25.0 Å². The van der Waals surface area contributed by atoms with Crippen LogP contribution in [-0.2, 0) is 11.2 Å². The average molecular weight is 314 g/mol. The maximum Gasteiger partial charge on any atom is 0.230 e. The predicted molar refractivity (Wildman–Crippen MR) is 82.1 cm³/mol. The van der Waals surface area contributed by atoms with Gasteiger partial charge in [-0.05, 0) is 18.4 Å². The standard InChI is InChI=1S/C14H14N6OS/c21-14(17-12-4-11(18-19-12)10-1-2-10)3-9-5-16-20(6-9)13-7-22-8-15-13/h4-8,10H,1-3H2,(H2,17,18,19,21). The van der Waals surface area contributed by atoms with Crippen LogP contribution in [0.1, 0.15) is 30.0 Å². The number of H-pyrrole nitrogens is 1. The van der Waals surface area contributed by atoms with Gasteiger partial charge in [-0.2, -0.15) is 10.2 Å². The average Bonchev–Trinajstić information content (AvgIpc) is 2.95. The molecule has 4 rings (SSSR count). The number of carbonyl (C=O) groups is 1. The van der Waals surface area contributed by atoms with E-state index in [1.54, 1.807) is 16.4 Å². The van der Waals surface area contributed by atoms with E-state index < -0.39 is 0 Å². The van der Waals surface area contributed by atoms with Crippen LogP contribution in [0.4, 0.5) is 5.82 Å². The molecule has 1 saturated carbocycles. The van der Waals surface area contributed by atoms with Gasteiger partial charge in [0.2, 0.25) is 5.91 Å². The second-order valence-electron chi connectivity index (χ2n) is 5.35. The Labute approximate surface area is 130 Å². The smallest absolute Gasteiger partial charge is 0.230 e. The zero-order valence-electron chi connectivity index (χ0n) is 11.7. The minimum atomic E-state index is -0.105. The van der Waals surface area contributed by atoms with Gasteiger partial charge < -0.3 is 5.32 Å². The maximum atomic E-state index is 12.1. The summed E-state index contributed by atoms with van der Waals surface area (Å²) in [5.41, 5.74) is 3.69. The van der Waals surface area contributed by atoms with Crippen molar-refractivity contribution < 1.29 is 4.79 Å². The molecule has 0 bridgehead atoms. The summed E-state index contributed by atoms with van der Waals surface area (Å²) in [5.74, 6) is 1.83. The molecule has 22 heavy (non-hydrogen) atoms. The Morgan fingerprint density at radius 2 is 2.41 bits per heavy atom. The second kappa shape index (κ2) is 5.38. The van der Waals surface area contributed by atoms with Crippen LogP contribution >= 0.6 is 11.3 Å². The van der Waals surface area contributed by atoms with Crippen molar-refractivity contribution >= 4 is 23.1 Å². The van der Waals surface area contributed by atoms with Gasteiger partial charge in [0.05, 0.1) is 18.1 Å². The van der Waals surface area contributed by atoms with Crippen LogP contribution in [0.5, 0.6) is 0 Å². The van der Waals surface area contributed by atoms with Crippen LogP contribution < -0.4 is 5.32 Å². The van der Waals surface area contributed by atoms with Crippen molar-refractivity contribution in [2.75, 3.05) is 5.32 Å². The number of aromatic amines is 1. The van der Waals surface area contributed by atoms with Gasteiger partial charge >= 0.3 is 0 Å². The summed E-state index contributed by atoms with van der Waals surface area (Å²) in [6.07, 6.45) is 6.15. The third kappa shape index (κ3) is 2.77. The lowest BCUT2D eigenvalue weighted by Crippen LogP contribution is -2.14. The monoisotopic (exact) mass is 314 g/mol. The first-order chi connectivity index (χ1) is 10.8. The lowest BCUT2D eigenvalue weighted by molar-refractivity contribution is -0.115. The molecule has 3 heterocycles. The number of nitrogens with one attached hydrogen (secondary N) is 2. The first-order valence-electron chi connectivity index (χ1n) is 7.05. The Bertz CT molecular complexity index is 786. The van der Waals surface area contributed by atoms with Crippen LogP contribution in [-0.4, -0.2) is 30.9 Å². The molecular weight excluding hydrogens is 300 g/mol. The van der Waals surface area contributed by atoms with E-state index in [0.717, 1.165) is 17.1 Å². The molecule has 0 radical (unpaired) electrons. The van der Waals surface area contributed by atoms with E-state index in [1.165, 1.54) is 24.2 Å². The molecule has 7 nitrogen and oxygen atoms in total. The van der Waals surface area contributed by atoms with E-state index in [1.807, 2.05) is 17.6 Å². The zero-order chi connectivity index (χ0) is 14.9. The van der Waals surface area contributed by atoms with Crippen molar-refractivity contribution in [3.05, 3.63) is 40.6 Å². The second-order valence-corrected chi connectivity index (χ2v) is 6.07. The summed E-state index contributed by atoms with van der Waals surface area (Å²) < 4.78 is 1.67. The predicted octanol–water partition coefficient (Wildman–Crippen LogP) is 2.11. The van der Waals surface area contributed by atoms with Gasteiger partial charge in [-0.1, -0.05) is 0 Å². The number of thiazole rings is 1. The summed E-state index contributed by atoms with van der Waals surface area (Å²) in [6.45, 7) is 0. The van der Waals surface area contributed by atoms with Gasteiger partial charge in [-0.3, -0.25) is 9.89 Å². The molecule has 3 aromatic rings. The molecule has 2 N–H and O–H groups in total. The van der Waals surface area contributed by atoms with Gasteiger partial charge in [0.1, 0.15) is 0 Å². The summed E-state index contributed by atoms with van der Waals surface area (Å²) >= 11 is 1.51. The van der Waals surface area contributed by atoms with Crippen LogP contribution in [0.15, 0.2) is 29.4 Å². The lowest BCUT2D eigenvalue weighted by Gasteiger charge is -1.99. The Kier molecular flexibility index (Phi) is 3.23. The van der Waals surface area contributed by atoms with Crippen molar-refractivity contribution in [1.29, 1.82) is 0 Å². The number of rotatable bonds is 5. The van der Waals surface area contributed by atoms with E-state index in [0.29, 0.717) is 11.7 Å². The number of amides is 1. The Hall–Kier alpha value is -2.48. The van der Waals surface area contributed by atoms with Crippen LogP contribution in [0.25, 0.3) is 5.82 Å². The van der Waals surface area contributed by atoms with Crippen molar-refractivity contribution in [3.8, 4) is 5.82 Å². The normalized spacial score (nSPS) is 14.2. The van der Waals surface area contributed by atoms with Gasteiger partial charge in [-0.25, -0.2) is 9.67 Å². The molecule has 0 aromatic carbocycles. The van der Waals surface area contributed by atoms with E-state index >= 15 is 0 Å². The molecular formula is C14H14N6OS. The zero-order valence-corrected chi connectivity index (χ0v) is 12.5. The van der Waals surface area contributed by atoms with Crippen LogP contribution in [0.2, 0.25) is 0 Å². The summed E-state index contributed by atoms with van der Waals surface area (Å²) in [7, 11) is 0. The number of nitrogens with zero attached hydrogens (tertiary/aromatic N) is 4. The van der Waals surface area contributed by atoms with E-state index in [9.17, 15) is 4.79 Å². The Morgan fingerprint density at radius 3 is 3.18 bits per heavy atom. The molecule has 0 aliphatic heterocycles. The molecule has 0 spiro atoms. The highest BCUT2D eigenvalue weighted by molar-refractivity contribution is 7.07. The number of anilines is 1. The fourth-order valence-corrected chi connectivity index (χ4v) is 2.79. The summed E-state index contributed by atoms with van der Waals surface area (Å²) in [4.78, 5) is 16.2. The highest BCUT2D eigenvalue weighted by Crippen LogP contribution is 2.39. The lowest BCUT2D eigenvalue weighted by atomic mass is 10.2. The molecule has 0 unspecified atom stereocenters. The molecule has 1 aliphatic rings. The Morgan fingerprint density at radius 1 is 1.50 bits per heavy atom. The SMILES string of the molecule is O=C(Cc1cnn(-c2cscn2)c1)Nc1cc(C2CC2)[nH]n1. The fraction of sp³-hybridized carbons (Fsp3) is 0.286. The van der Waals surface area contributed by atoms with E-state index in [4.69, 9.17) is 0 Å². The highest BCUT2D eigenvalue weighted by Gasteiger charge is 2.25. The molecule has 1 fully saturated rings. The molecule has 0 saturated heterocycles. The van der Waals surface area contributed by atoms with Crippen molar-refractivity contribution in [2.45, 2.75) is 25.2 Å². The molecule has 1 aliphatic carbocycles. The minimum Gasteiger partial charge on any atom is -0.309 e. The number of carbonyl (C=O) groups excluding carboxylic acids is 1. The molecule has 8 heteroatoms. The molecule has 0 atom stereocenters. The maximum absolute atomic E-state index is 12.1. The minimum absolute atomic E-state index is 0.105. The topological polar surface area (TPSA) is 88.5 Å². The summed E-state index contributed by atoms with van der Waals surface area (Å²) in [5, 5.41) is 16.0. The first-order valence-corrected chi connectivity index (χ1v) is 7.99. The number of aromatic nitrogens is 5. The van der Waals surface area contributed by atoms with E-state index in [2.05, 4.69) is 25.6 Å². The largest absolute Gasteiger partial charge is 0.309 e. The third-order valence-electron chi connectivity index (χ3n) is 3.54. The molecule has 1 amide bonds. The molecule has 3 aromatic heterocycles. The van der Waals surface area contributed by atoms with Gasteiger partial charge in [0, 0.05) is 29.3 Å². The van der Waals surface area contributed by atoms with Gasteiger partial charge in [-0.15, -0.1) is 11.3 Å². The van der Waals surface area contributed by atoms with Crippen molar-refractivity contribution in [3.63, 3.8) is 0 Å². The first kappa shape index (κ1) is 13.2. The number of hydrogen-bond donors (Lipinski definition) is 2. The van der Waals surface area contributed by atoms with Crippen molar-refractivity contribution in [2.24, 2.45) is 0 Å².